The molecule has 0 atom stereocenters. The van der Waals surface area contributed by atoms with Gasteiger partial charge in [0.15, 0.2) is 0 Å². The van der Waals surface area contributed by atoms with Crippen LogP contribution >= 0.6 is 0 Å². The maximum Gasteiger partial charge on any atom is 0.274 e. The molecule has 0 aliphatic heterocycles. The Labute approximate surface area is 134 Å². The standard InChI is InChI=1S/C18H18N4O/c1-13-7-9-14(10-8-13)11-16-17(23)20-18(22-21-16)19-12-15-5-3-2-4-6-15/h2-10H,11-12H2,1H3,(H2,19,20,22,23). The van der Waals surface area contributed by atoms with Crippen LogP contribution < -0.4 is 10.9 Å². The molecule has 1 aromatic heterocycles. The zero-order valence-corrected chi connectivity index (χ0v) is 12.9. The van der Waals surface area contributed by atoms with E-state index in [4.69, 9.17) is 0 Å². The molecule has 2 N–H and O–H groups in total. The maximum absolute atomic E-state index is 12.1. The molecular formula is C18H18N4O. The van der Waals surface area contributed by atoms with Gasteiger partial charge in [0.2, 0.25) is 5.95 Å². The second-order valence-corrected chi connectivity index (χ2v) is 5.45. The van der Waals surface area contributed by atoms with Gasteiger partial charge in [-0.05, 0) is 18.1 Å². The van der Waals surface area contributed by atoms with Crippen molar-refractivity contribution >= 4 is 5.95 Å². The van der Waals surface area contributed by atoms with Crippen LogP contribution in [0, 0.1) is 6.92 Å². The lowest BCUT2D eigenvalue weighted by molar-refractivity contribution is 0.859. The van der Waals surface area contributed by atoms with Crippen molar-refractivity contribution in [3.8, 4) is 0 Å². The minimum absolute atomic E-state index is 0.212. The first-order valence-electron chi connectivity index (χ1n) is 7.50. The predicted octanol–water partition coefficient (Wildman–Crippen LogP) is 2.68. The van der Waals surface area contributed by atoms with Crippen LogP contribution in [0.4, 0.5) is 5.95 Å². The fourth-order valence-electron chi connectivity index (χ4n) is 2.24. The monoisotopic (exact) mass is 306 g/mol. The van der Waals surface area contributed by atoms with E-state index in [9.17, 15) is 4.79 Å². The Morgan fingerprint density at radius 1 is 0.957 bits per heavy atom. The van der Waals surface area contributed by atoms with Crippen LogP contribution in [0.15, 0.2) is 59.4 Å². The highest BCUT2D eigenvalue weighted by Gasteiger charge is 2.06. The topological polar surface area (TPSA) is 70.7 Å². The number of H-pyrrole nitrogens is 1. The van der Waals surface area contributed by atoms with E-state index in [1.54, 1.807) is 0 Å². The predicted molar refractivity (Wildman–Crippen MR) is 90.4 cm³/mol. The summed E-state index contributed by atoms with van der Waals surface area (Å²) in [6.45, 7) is 2.62. The van der Waals surface area contributed by atoms with Crippen molar-refractivity contribution in [1.82, 2.24) is 15.2 Å². The van der Waals surface area contributed by atoms with Gasteiger partial charge in [0.25, 0.3) is 5.56 Å². The van der Waals surface area contributed by atoms with E-state index in [1.165, 1.54) is 5.56 Å². The van der Waals surface area contributed by atoms with E-state index in [0.717, 1.165) is 11.1 Å². The minimum Gasteiger partial charge on any atom is -0.350 e. The molecule has 2 aromatic carbocycles. The molecule has 0 radical (unpaired) electrons. The van der Waals surface area contributed by atoms with Crippen LogP contribution in [-0.2, 0) is 13.0 Å². The van der Waals surface area contributed by atoms with Gasteiger partial charge in [-0.25, -0.2) is 0 Å². The SMILES string of the molecule is Cc1ccc(Cc2nnc(NCc3ccccc3)[nH]c2=O)cc1. The summed E-state index contributed by atoms with van der Waals surface area (Å²) in [5.74, 6) is 0.381. The Hall–Kier alpha value is -2.95. The van der Waals surface area contributed by atoms with Gasteiger partial charge in [0.05, 0.1) is 0 Å². The normalized spacial score (nSPS) is 10.5. The Morgan fingerprint density at radius 3 is 2.39 bits per heavy atom. The largest absolute Gasteiger partial charge is 0.350 e. The van der Waals surface area contributed by atoms with E-state index in [1.807, 2.05) is 61.5 Å². The number of hydrogen-bond acceptors (Lipinski definition) is 4. The van der Waals surface area contributed by atoms with E-state index in [-0.39, 0.29) is 5.56 Å². The summed E-state index contributed by atoms with van der Waals surface area (Å²) < 4.78 is 0. The summed E-state index contributed by atoms with van der Waals surface area (Å²) >= 11 is 0. The van der Waals surface area contributed by atoms with Crippen molar-refractivity contribution in [1.29, 1.82) is 0 Å². The summed E-state index contributed by atoms with van der Waals surface area (Å²) in [6, 6.07) is 17.9. The number of hydrogen-bond donors (Lipinski definition) is 2. The van der Waals surface area contributed by atoms with Crippen molar-refractivity contribution in [2.45, 2.75) is 19.9 Å². The number of aryl methyl sites for hydroxylation is 1. The fraction of sp³-hybridized carbons (Fsp3) is 0.167. The highest BCUT2D eigenvalue weighted by atomic mass is 16.1. The molecule has 0 amide bonds. The molecule has 116 valence electrons. The molecule has 23 heavy (non-hydrogen) atoms. The first-order valence-corrected chi connectivity index (χ1v) is 7.50. The van der Waals surface area contributed by atoms with Gasteiger partial charge in [-0.2, -0.15) is 0 Å². The van der Waals surface area contributed by atoms with Gasteiger partial charge in [0.1, 0.15) is 5.69 Å². The second-order valence-electron chi connectivity index (χ2n) is 5.45. The third kappa shape index (κ3) is 4.03. The van der Waals surface area contributed by atoms with Crippen LogP contribution in [0.3, 0.4) is 0 Å². The molecule has 5 heteroatoms. The second kappa shape index (κ2) is 6.87. The number of anilines is 1. The molecule has 0 saturated carbocycles. The van der Waals surface area contributed by atoms with Crippen LogP contribution in [0.1, 0.15) is 22.4 Å². The zero-order chi connectivity index (χ0) is 16.1. The fourth-order valence-corrected chi connectivity index (χ4v) is 2.24. The van der Waals surface area contributed by atoms with Crippen molar-refractivity contribution in [2.24, 2.45) is 0 Å². The van der Waals surface area contributed by atoms with E-state index >= 15 is 0 Å². The molecule has 0 saturated heterocycles. The first-order chi connectivity index (χ1) is 11.2. The lowest BCUT2D eigenvalue weighted by Gasteiger charge is -2.06. The summed E-state index contributed by atoms with van der Waals surface area (Å²) in [7, 11) is 0. The molecule has 0 aliphatic carbocycles. The highest BCUT2D eigenvalue weighted by Crippen LogP contribution is 2.07. The number of nitrogens with zero attached hydrogens (tertiary/aromatic N) is 2. The number of nitrogens with one attached hydrogen (secondary N) is 2. The molecule has 0 bridgehead atoms. The smallest absolute Gasteiger partial charge is 0.274 e. The van der Waals surface area contributed by atoms with Gasteiger partial charge in [-0.1, -0.05) is 60.2 Å². The van der Waals surface area contributed by atoms with Crippen molar-refractivity contribution in [3.05, 3.63) is 87.3 Å². The van der Waals surface area contributed by atoms with Gasteiger partial charge >= 0.3 is 0 Å². The third-order valence-electron chi connectivity index (χ3n) is 3.56. The summed E-state index contributed by atoms with van der Waals surface area (Å²) in [4.78, 5) is 14.9. The Kier molecular flexibility index (Phi) is 4.47. The molecule has 1 heterocycles. The molecule has 0 spiro atoms. The number of aromatic amines is 1. The Morgan fingerprint density at radius 2 is 1.70 bits per heavy atom. The van der Waals surface area contributed by atoms with Crippen LogP contribution in [0.25, 0.3) is 0 Å². The number of benzene rings is 2. The lowest BCUT2D eigenvalue weighted by Crippen LogP contribution is -2.19. The summed E-state index contributed by atoms with van der Waals surface area (Å²) in [6.07, 6.45) is 0.474. The van der Waals surface area contributed by atoms with E-state index in [2.05, 4.69) is 20.5 Å². The number of rotatable bonds is 5. The Balaban J connectivity index is 1.68. The molecular weight excluding hydrogens is 288 g/mol. The van der Waals surface area contributed by atoms with Crippen molar-refractivity contribution < 1.29 is 0 Å². The number of aromatic nitrogens is 3. The van der Waals surface area contributed by atoms with E-state index in [0.29, 0.717) is 24.6 Å². The summed E-state index contributed by atoms with van der Waals surface area (Å²) in [5.41, 5.74) is 3.55. The zero-order valence-electron chi connectivity index (χ0n) is 12.9. The first kappa shape index (κ1) is 15.0. The molecule has 0 unspecified atom stereocenters. The maximum atomic E-state index is 12.1. The molecule has 3 rings (SSSR count). The average molecular weight is 306 g/mol. The lowest BCUT2D eigenvalue weighted by atomic mass is 10.1. The molecule has 3 aromatic rings. The van der Waals surface area contributed by atoms with Crippen LogP contribution in [-0.4, -0.2) is 15.2 Å². The quantitative estimate of drug-likeness (QED) is 0.760. The highest BCUT2D eigenvalue weighted by molar-refractivity contribution is 5.28. The van der Waals surface area contributed by atoms with Gasteiger partial charge < -0.3 is 5.32 Å². The van der Waals surface area contributed by atoms with E-state index < -0.39 is 0 Å². The average Bonchev–Trinajstić information content (AvgIpc) is 2.58. The van der Waals surface area contributed by atoms with Gasteiger partial charge in [-0.15, -0.1) is 10.2 Å². The molecule has 0 fully saturated rings. The molecule has 5 nitrogen and oxygen atoms in total. The van der Waals surface area contributed by atoms with Crippen molar-refractivity contribution in [2.75, 3.05) is 5.32 Å². The van der Waals surface area contributed by atoms with Gasteiger partial charge in [0, 0.05) is 13.0 Å². The van der Waals surface area contributed by atoms with Crippen LogP contribution in [0.5, 0.6) is 0 Å². The summed E-state index contributed by atoms with van der Waals surface area (Å²) in [5, 5.41) is 11.2. The minimum atomic E-state index is -0.212. The van der Waals surface area contributed by atoms with Gasteiger partial charge in [-0.3, -0.25) is 9.78 Å². The van der Waals surface area contributed by atoms with Crippen molar-refractivity contribution in [3.63, 3.8) is 0 Å². The third-order valence-corrected chi connectivity index (χ3v) is 3.56. The molecule has 0 aliphatic rings. The Bertz CT molecular complexity index is 826. The van der Waals surface area contributed by atoms with Crippen LogP contribution in [0.2, 0.25) is 0 Å².